The number of rotatable bonds is 3. The lowest BCUT2D eigenvalue weighted by Crippen LogP contribution is -2.44. The molecule has 1 aromatic rings. The van der Waals surface area contributed by atoms with Crippen molar-refractivity contribution < 1.29 is 14.3 Å². The fraction of sp³-hybridized carbons (Fsp3) is 0.529. The van der Waals surface area contributed by atoms with Crippen LogP contribution < -0.4 is 0 Å². The summed E-state index contributed by atoms with van der Waals surface area (Å²) in [7, 11) is 0. The molecule has 21 heavy (non-hydrogen) atoms. The van der Waals surface area contributed by atoms with Gasteiger partial charge in [-0.15, -0.1) is 0 Å². The van der Waals surface area contributed by atoms with Gasteiger partial charge in [-0.3, -0.25) is 0 Å². The molecule has 1 aromatic carbocycles. The number of hydrogen-bond acceptors (Lipinski definition) is 3. The second kappa shape index (κ2) is 6.29. The van der Waals surface area contributed by atoms with E-state index in [9.17, 15) is 9.59 Å². The highest BCUT2D eigenvalue weighted by molar-refractivity contribution is 5.68. The second-order valence-electron chi connectivity index (χ2n) is 6.08. The number of hydrogen-bond donors (Lipinski definition) is 0. The lowest BCUT2D eigenvalue weighted by atomic mass is 9.85. The van der Waals surface area contributed by atoms with E-state index in [-0.39, 0.29) is 12.0 Å². The van der Waals surface area contributed by atoms with Gasteiger partial charge in [-0.05, 0) is 36.7 Å². The number of nitrogens with zero attached hydrogens (tertiary/aromatic N) is 1. The first-order chi connectivity index (χ1) is 10.3. The van der Waals surface area contributed by atoms with Gasteiger partial charge in [0.05, 0.1) is 0 Å². The third-order valence-corrected chi connectivity index (χ3v) is 4.87. The number of amides is 1. The van der Waals surface area contributed by atoms with Gasteiger partial charge < -0.3 is 14.4 Å². The van der Waals surface area contributed by atoms with Crippen LogP contribution in [0.4, 0.5) is 4.79 Å². The quantitative estimate of drug-likeness (QED) is 0.803. The Bertz CT molecular complexity index is 502. The van der Waals surface area contributed by atoms with Crippen molar-refractivity contribution in [2.75, 3.05) is 13.1 Å². The zero-order valence-electron chi connectivity index (χ0n) is 12.1. The molecule has 3 rings (SSSR count). The topological polar surface area (TPSA) is 46.6 Å². The van der Waals surface area contributed by atoms with E-state index in [4.69, 9.17) is 4.74 Å². The molecule has 1 saturated carbocycles. The first-order valence-corrected chi connectivity index (χ1v) is 7.69. The molecule has 1 aliphatic carbocycles. The molecule has 0 aromatic heterocycles. The van der Waals surface area contributed by atoms with Crippen LogP contribution in [0.1, 0.15) is 24.8 Å². The standard InChI is InChI=1S/C17H21NO3/c19-11-15-7-6-14-8-9-18(10-16(14)15)17(20)21-12-13-4-2-1-3-5-13/h1-5,11,14-16H,6-10,12H2/t14-,15+,16+/m1/s1. The Balaban J connectivity index is 1.54. The van der Waals surface area contributed by atoms with Crippen molar-refractivity contribution >= 4 is 12.4 Å². The van der Waals surface area contributed by atoms with E-state index in [1.165, 1.54) is 0 Å². The maximum Gasteiger partial charge on any atom is 0.410 e. The highest BCUT2D eigenvalue weighted by Gasteiger charge is 2.41. The Morgan fingerprint density at radius 3 is 2.81 bits per heavy atom. The van der Waals surface area contributed by atoms with Gasteiger partial charge in [0, 0.05) is 19.0 Å². The van der Waals surface area contributed by atoms with Crippen molar-refractivity contribution in [2.45, 2.75) is 25.9 Å². The first kappa shape index (κ1) is 14.1. The molecule has 1 amide bonds. The van der Waals surface area contributed by atoms with Crippen molar-refractivity contribution in [2.24, 2.45) is 17.8 Å². The van der Waals surface area contributed by atoms with Gasteiger partial charge in [0.2, 0.25) is 0 Å². The number of carbonyl (C=O) groups is 2. The van der Waals surface area contributed by atoms with Crippen LogP contribution in [0.5, 0.6) is 0 Å². The number of ether oxygens (including phenoxy) is 1. The highest BCUT2D eigenvalue weighted by atomic mass is 16.6. The predicted molar refractivity (Wildman–Crippen MR) is 78.6 cm³/mol. The summed E-state index contributed by atoms with van der Waals surface area (Å²) < 4.78 is 5.38. The number of piperidine rings is 1. The van der Waals surface area contributed by atoms with Crippen molar-refractivity contribution in [3.63, 3.8) is 0 Å². The molecule has 4 heteroatoms. The van der Waals surface area contributed by atoms with Crippen LogP contribution in [0.25, 0.3) is 0 Å². The molecule has 0 bridgehead atoms. The molecule has 1 saturated heterocycles. The van der Waals surface area contributed by atoms with Crippen LogP contribution in [0.3, 0.4) is 0 Å². The van der Waals surface area contributed by atoms with Gasteiger partial charge in [-0.25, -0.2) is 4.79 Å². The Hall–Kier alpha value is -1.84. The lowest BCUT2D eigenvalue weighted by molar-refractivity contribution is -0.112. The minimum Gasteiger partial charge on any atom is -0.445 e. The molecule has 0 spiro atoms. The van der Waals surface area contributed by atoms with Gasteiger partial charge in [0.25, 0.3) is 0 Å². The van der Waals surface area contributed by atoms with Crippen molar-refractivity contribution in [1.82, 2.24) is 4.90 Å². The number of likely N-dealkylation sites (tertiary alicyclic amines) is 1. The average Bonchev–Trinajstić information content (AvgIpc) is 2.95. The van der Waals surface area contributed by atoms with Crippen LogP contribution in [0.2, 0.25) is 0 Å². The Kier molecular flexibility index (Phi) is 4.23. The van der Waals surface area contributed by atoms with Gasteiger partial charge in [0.1, 0.15) is 12.9 Å². The molecule has 1 heterocycles. The Morgan fingerprint density at radius 2 is 2.05 bits per heavy atom. The second-order valence-corrected chi connectivity index (χ2v) is 6.08. The number of fused-ring (bicyclic) bond motifs is 1. The van der Waals surface area contributed by atoms with Crippen LogP contribution in [0, 0.1) is 17.8 Å². The van der Waals surface area contributed by atoms with Crippen LogP contribution in [-0.2, 0) is 16.1 Å². The van der Waals surface area contributed by atoms with Crippen LogP contribution >= 0.6 is 0 Å². The fourth-order valence-corrected chi connectivity index (χ4v) is 3.64. The molecule has 2 fully saturated rings. The summed E-state index contributed by atoms with van der Waals surface area (Å²) in [4.78, 5) is 25.1. The zero-order chi connectivity index (χ0) is 14.7. The summed E-state index contributed by atoms with van der Waals surface area (Å²) in [5, 5.41) is 0. The lowest BCUT2D eigenvalue weighted by Gasteiger charge is -2.35. The normalized spacial score (nSPS) is 28.0. The summed E-state index contributed by atoms with van der Waals surface area (Å²) in [5.41, 5.74) is 0.993. The summed E-state index contributed by atoms with van der Waals surface area (Å²) >= 11 is 0. The molecule has 0 N–H and O–H groups in total. The first-order valence-electron chi connectivity index (χ1n) is 7.69. The van der Waals surface area contributed by atoms with Crippen LogP contribution in [0.15, 0.2) is 30.3 Å². The fourth-order valence-electron chi connectivity index (χ4n) is 3.64. The Morgan fingerprint density at radius 1 is 1.24 bits per heavy atom. The summed E-state index contributed by atoms with van der Waals surface area (Å²) in [6, 6.07) is 9.69. The Labute approximate surface area is 125 Å². The molecule has 112 valence electrons. The molecule has 4 nitrogen and oxygen atoms in total. The zero-order valence-corrected chi connectivity index (χ0v) is 12.1. The third kappa shape index (κ3) is 3.09. The molecular formula is C17H21NO3. The number of aldehydes is 1. The summed E-state index contributed by atoms with van der Waals surface area (Å²) in [6.07, 6.45) is 3.92. The van der Waals surface area contributed by atoms with Crippen LogP contribution in [-0.4, -0.2) is 30.4 Å². The molecule has 3 atom stereocenters. The predicted octanol–water partition coefficient (Wildman–Crippen LogP) is 2.87. The van der Waals surface area contributed by atoms with Crippen molar-refractivity contribution in [1.29, 1.82) is 0 Å². The maximum atomic E-state index is 12.2. The molecule has 2 aliphatic rings. The van der Waals surface area contributed by atoms with Gasteiger partial charge in [-0.1, -0.05) is 30.3 Å². The van der Waals surface area contributed by atoms with E-state index in [1.807, 2.05) is 30.3 Å². The van der Waals surface area contributed by atoms with E-state index in [1.54, 1.807) is 4.90 Å². The van der Waals surface area contributed by atoms with Gasteiger partial charge in [0.15, 0.2) is 0 Å². The maximum absolute atomic E-state index is 12.2. The van der Waals surface area contributed by atoms with E-state index in [0.29, 0.717) is 25.0 Å². The summed E-state index contributed by atoms with van der Waals surface area (Å²) in [5.74, 6) is 1.07. The van der Waals surface area contributed by atoms with Gasteiger partial charge in [-0.2, -0.15) is 0 Å². The highest BCUT2D eigenvalue weighted by Crippen LogP contribution is 2.41. The number of carbonyl (C=O) groups excluding carboxylic acids is 2. The third-order valence-electron chi connectivity index (χ3n) is 4.87. The largest absolute Gasteiger partial charge is 0.445 e. The van der Waals surface area contributed by atoms with Gasteiger partial charge >= 0.3 is 6.09 Å². The number of benzene rings is 1. The van der Waals surface area contributed by atoms with E-state index in [2.05, 4.69) is 0 Å². The minimum absolute atomic E-state index is 0.125. The molecule has 0 unspecified atom stereocenters. The smallest absolute Gasteiger partial charge is 0.410 e. The molecule has 1 aliphatic heterocycles. The van der Waals surface area contributed by atoms with Crippen molar-refractivity contribution in [3.8, 4) is 0 Å². The minimum atomic E-state index is -0.256. The SMILES string of the molecule is O=C[C@@H]1CC[C@@H]2CCN(C(=O)OCc3ccccc3)C[C@@H]21. The average molecular weight is 287 g/mol. The monoisotopic (exact) mass is 287 g/mol. The summed E-state index contributed by atoms with van der Waals surface area (Å²) in [6.45, 7) is 1.73. The van der Waals surface area contributed by atoms with Crippen molar-refractivity contribution in [3.05, 3.63) is 35.9 Å². The van der Waals surface area contributed by atoms with E-state index >= 15 is 0 Å². The molecule has 0 radical (unpaired) electrons. The van der Waals surface area contributed by atoms with E-state index in [0.717, 1.165) is 37.7 Å². The molecular weight excluding hydrogens is 266 g/mol. The van der Waals surface area contributed by atoms with E-state index < -0.39 is 0 Å².